The second-order valence-electron chi connectivity index (χ2n) is 5.12. The van der Waals surface area contributed by atoms with Crippen molar-refractivity contribution in [3.63, 3.8) is 0 Å². The predicted octanol–water partition coefficient (Wildman–Crippen LogP) is 2.54. The SMILES string of the molecule is Nc1nc(SC(C(=O)NCc2ccccc2)c2ccccc2)n[nH]1. The number of nitrogens with zero attached hydrogens (tertiary/aromatic N) is 2. The number of carbonyl (C=O) groups excluding carboxylic acids is 1. The van der Waals surface area contributed by atoms with Crippen molar-refractivity contribution in [3.8, 4) is 0 Å². The van der Waals surface area contributed by atoms with E-state index in [1.165, 1.54) is 11.8 Å². The van der Waals surface area contributed by atoms with Crippen LogP contribution in [0.4, 0.5) is 5.95 Å². The molecule has 122 valence electrons. The maximum Gasteiger partial charge on any atom is 0.238 e. The number of H-pyrrole nitrogens is 1. The van der Waals surface area contributed by atoms with Crippen LogP contribution in [0, 0.1) is 0 Å². The minimum Gasteiger partial charge on any atom is -0.368 e. The molecule has 1 amide bonds. The fourth-order valence-electron chi connectivity index (χ4n) is 2.19. The molecule has 0 saturated carbocycles. The van der Waals surface area contributed by atoms with Crippen LogP contribution in [-0.4, -0.2) is 21.1 Å². The standard InChI is InChI=1S/C17H17N5OS/c18-16-20-17(22-21-16)24-14(13-9-5-2-6-10-13)15(23)19-11-12-7-3-1-4-8-12/h1-10,14H,11H2,(H,19,23)(H3,18,20,21,22). The molecule has 2 aromatic carbocycles. The van der Waals surface area contributed by atoms with Crippen molar-refractivity contribution in [1.82, 2.24) is 20.5 Å². The molecule has 1 aromatic heterocycles. The predicted molar refractivity (Wildman–Crippen MR) is 94.1 cm³/mol. The second kappa shape index (κ2) is 7.65. The fourth-order valence-corrected chi connectivity index (χ4v) is 3.14. The molecule has 0 aliphatic carbocycles. The number of aromatic amines is 1. The van der Waals surface area contributed by atoms with Crippen LogP contribution in [0.15, 0.2) is 65.8 Å². The van der Waals surface area contributed by atoms with Crippen LogP contribution < -0.4 is 11.1 Å². The number of nitrogens with one attached hydrogen (secondary N) is 2. The topological polar surface area (TPSA) is 96.7 Å². The summed E-state index contributed by atoms with van der Waals surface area (Å²) in [6.07, 6.45) is 0. The molecule has 0 radical (unpaired) electrons. The quantitative estimate of drug-likeness (QED) is 0.600. The van der Waals surface area contributed by atoms with Gasteiger partial charge >= 0.3 is 0 Å². The Kier molecular flexibility index (Phi) is 5.12. The van der Waals surface area contributed by atoms with Gasteiger partial charge in [-0.3, -0.25) is 4.79 Å². The Labute approximate surface area is 143 Å². The molecule has 3 rings (SSSR count). The summed E-state index contributed by atoms with van der Waals surface area (Å²) in [7, 11) is 0. The first kappa shape index (κ1) is 16.1. The minimum absolute atomic E-state index is 0.0987. The first-order valence-corrected chi connectivity index (χ1v) is 8.31. The zero-order valence-corrected chi connectivity index (χ0v) is 13.7. The zero-order valence-electron chi connectivity index (χ0n) is 12.8. The van der Waals surface area contributed by atoms with Gasteiger partial charge in [0.25, 0.3) is 0 Å². The zero-order chi connectivity index (χ0) is 16.8. The van der Waals surface area contributed by atoms with E-state index in [0.29, 0.717) is 11.7 Å². The Bertz CT molecular complexity index is 791. The van der Waals surface area contributed by atoms with E-state index in [4.69, 9.17) is 5.73 Å². The number of aromatic nitrogens is 3. The first-order chi connectivity index (χ1) is 11.7. The Morgan fingerprint density at radius 2 is 1.79 bits per heavy atom. The third-order valence-electron chi connectivity index (χ3n) is 3.36. The average Bonchev–Trinajstić information content (AvgIpc) is 3.04. The summed E-state index contributed by atoms with van der Waals surface area (Å²) in [6.45, 7) is 0.472. The molecule has 0 spiro atoms. The summed E-state index contributed by atoms with van der Waals surface area (Å²) in [5.74, 6) is 0.132. The van der Waals surface area contributed by atoms with E-state index in [9.17, 15) is 4.79 Å². The lowest BCUT2D eigenvalue weighted by atomic mass is 10.1. The summed E-state index contributed by atoms with van der Waals surface area (Å²) in [5.41, 5.74) is 7.49. The molecule has 0 aliphatic rings. The van der Waals surface area contributed by atoms with Crippen molar-refractivity contribution in [2.45, 2.75) is 17.0 Å². The number of hydrogen-bond donors (Lipinski definition) is 3. The lowest BCUT2D eigenvalue weighted by Gasteiger charge is -2.15. The van der Waals surface area contributed by atoms with Crippen molar-refractivity contribution in [1.29, 1.82) is 0 Å². The molecule has 1 heterocycles. The summed E-state index contributed by atoms with van der Waals surface area (Å²) in [5, 5.41) is 9.55. The molecule has 0 aliphatic heterocycles. The Balaban J connectivity index is 1.74. The van der Waals surface area contributed by atoms with Crippen molar-refractivity contribution in [3.05, 3.63) is 71.8 Å². The lowest BCUT2D eigenvalue weighted by Crippen LogP contribution is -2.27. The highest BCUT2D eigenvalue weighted by Crippen LogP contribution is 2.33. The number of benzene rings is 2. The molecule has 0 fully saturated rings. The third kappa shape index (κ3) is 4.14. The Hall–Kier alpha value is -2.80. The number of amides is 1. The molecule has 1 unspecified atom stereocenters. The monoisotopic (exact) mass is 339 g/mol. The van der Waals surface area contributed by atoms with Gasteiger partial charge in [-0.2, -0.15) is 4.98 Å². The largest absolute Gasteiger partial charge is 0.368 e. The maximum atomic E-state index is 12.7. The number of thioether (sulfide) groups is 1. The van der Waals surface area contributed by atoms with Crippen LogP contribution in [0.3, 0.4) is 0 Å². The smallest absolute Gasteiger partial charge is 0.238 e. The first-order valence-electron chi connectivity index (χ1n) is 7.43. The fraction of sp³-hybridized carbons (Fsp3) is 0.118. The average molecular weight is 339 g/mol. The molecule has 0 saturated heterocycles. The summed E-state index contributed by atoms with van der Waals surface area (Å²) >= 11 is 1.26. The molecule has 1 atom stereocenters. The van der Waals surface area contributed by atoms with Crippen molar-refractivity contribution >= 4 is 23.6 Å². The van der Waals surface area contributed by atoms with Crippen LogP contribution in [0.2, 0.25) is 0 Å². The van der Waals surface area contributed by atoms with E-state index in [1.54, 1.807) is 0 Å². The molecule has 0 bridgehead atoms. The summed E-state index contributed by atoms with van der Waals surface area (Å²) in [4.78, 5) is 16.8. The van der Waals surface area contributed by atoms with Crippen LogP contribution in [0.25, 0.3) is 0 Å². The summed E-state index contributed by atoms with van der Waals surface area (Å²) in [6, 6.07) is 19.3. The van der Waals surface area contributed by atoms with E-state index in [1.807, 2.05) is 60.7 Å². The number of nitrogen functional groups attached to an aromatic ring is 1. The van der Waals surface area contributed by atoms with Crippen molar-refractivity contribution in [2.75, 3.05) is 5.73 Å². The Morgan fingerprint density at radius 1 is 1.12 bits per heavy atom. The van der Waals surface area contributed by atoms with Crippen LogP contribution >= 0.6 is 11.8 Å². The molecule has 7 heteroatoms. The van der Waals surface area contributed by atoms with Gasteiger partial charge in [-0.25, -0.2) is 5.10 Å². The molecular weight excluding hydrogens is 322 g/mol. The third-order valence-corrected chi connectivity index (χ3v) is 4.47. The Morgan fingerprint density at radius 3 is 2.42 bits per heavy atom. The molecule has 6 nitrogen and oxygen atoms in total. The number of rotatable bonds is 6. The van der Waals surface area contributed by atoms with Gasteiger partial charge in [0.05, 0.1) is 0 Å². The molecular formula is C17H17N5OS. The molecule has 24 heavy (non-hydrogen) atoms. The van der Waals surface area contributed by atoms with Crippen molar-refractivity contribution < 1.29 is 4.79 Å². The van der Waals surface area contributed by atoms with E-state index in [0.717, 1.165) is 11.1 Å². The van der Waals surface area contributed by atoms with Crippen LogP contribution in [0.5, 0.6) is 0 Å². The van der Waals surface area contributed by atoms with E-state index in [2.05, 4.69) is 20.5 Å². The van der Waals surface area contributed by atoms with Gasteiger partial charge in [-0.1, -0.05) is 72.4 Å². The number of nitrogens with two attached hydrogens (primary N) is 1. The van der Waals surface area contributed by atoms with Gasteiger partial charge in [0, 0.05) is 6.54 Å². The maximum absolute atomic E-state index is 12.7. The highest BCUT2D eigenvalue weighted by molar-refractivity contribution is 8.00. The molecule has 4 N–H and O–H groups in total. The lowest BCUT2D eigenvalue weighted by molar-refractivity contribution is -0.120. The van der Waals surface area contributed by atoms with Crippen LogP contribution in [0.1, 0.15) is 16.4 Å². The minimum atomic E-state index is -0.454. The number of anilines is 1. The second-order valence-corrected chi connectivity index (χ2v) is 6.19. The molecule has 3 aromatic rings. The van der Waals surface area contributed by atoms with Gasteiger partial charge in [-0.15, -0.1) is 5.10 Å². The van der Waals surface area contributed by atoms with E-state index < -0.39 is 5.25 Å². The van der Waals surface area contributed by atoms with Crippen molar-refractivity contribution in [2.24, 2.45) is 0 Å². The highest BCUT2D eigenvalue weighted by Gasteiger charge is 2.23. The number of hydrogen-bond acceptors (Lipinski definition) is 5. The summed E-state index contributed by atoms with van der Waals surface area (Å²) < 4.78 is 0. The number of carbonyl (C=O) groups is 1. The van der Waals surface area contributed by atoms with Gasteiger partial charge in [0.1, 0.15) is 5.25 Å². The van der Waals surface area contributed by atoms with Gasteiger partial charge in [-0.05, 0) is 11.1 Å². The van der Waals surface area contributed by atoms with E-state index >= 15 is 0 Å². The van der Waals surface area contributed by atoms with Gasteiger partial charge < -0.3 is 11.1 Å². The van der Waals surface area contributed by atoms with Gasteiger partial charge in [0.2, 0.25) is 17.0 Å². The van der Waals surface area contributed by atoms with Crippen LogP contribution in [-0.2, 0) is 11.3 Å². The van der Waals surface area contributed by atoms with E-state index in [-0.39, 0.29) is 11.9 Å². The highest BCUT2D eigenvalue weighted by atomic mass is 32.2. The van der Waals surface area contributed by atoms with Gasteiger partial charge in [0.15, 0.2) is 0 Å². The normalized spacial score (nSPS) is 11.8.